The van der Waals surface area contributed by atoms with Gasteiger partial charge in [0.1, 0.15) is 5.75 Å². The molecule has 1 aliphatic rings. The van der Waals surface area contributed by atoms with Crippen molar-refractivity contribution >= 4 is 0 Å². The molecule has 0 aromatic heterocycles. The average Bonchev–Trinajstić information content (AvgIpc) is 2.64. The van der Waals surface area contributed by atoms with Gasteiger partial charge < -0.3 is 10.5 Å². The molecule has 0 fully saturated rings. The summed E-state index contributed by atoms with van der Waals surface area (Å²) in [5.74, 6) is 1.03. The van der Waals surface area contributed by atoms with Crippen LogP contribution in [0.4, 0.5) is 0 Å². The van der Waals surface area contributed by atoms with Gasteiger partial charge in [-0.1, -0.05) is 24.3 Å². The number of nitrogens with two attached hydrogens (primary N) is 1. The van der Waals surface area contributed by atoms with Crippen LogP contribution in [0.2, 0.25) is 0 Å². The fourth-order valence-electron chi connectivity index (χ4n) is 1.71. The Morgan fingerprint density at radius 1 is 1.50 bits per heavy atom. The van der Waals surface area contributed by atoms with Gasteiger partial charge in [-0.15, -0.1) is 0 Å². The van der Waals surface area contributed by atoms with Crippen molar-refractivity contribution in [2.45, 2.75) is 12.8 Å². The van der Waals surface area contributed by atoms with Crippen molar-refractivity contribution in [3.8, 4) is 5.75 Å². The van der Waals surface area contributed by atoms with Crippen LogP contribution in [-0.4, -0.2) is 13.2 Å². The molecule has 0 saturated carbocycles. The zero-order valence-electron chi connectivity index (χ0n) is 8.25. The van der Waals surface area contributed by atoms with E-state index in [4.69, 9.17) is 10.5 Å². The first-order chi connectivity index (χ1) is 6.79. The van der Waals surface area contributed by atoms with Crippen LogP contribution in [0, 0.1) is 0 Å². The number of hydrogen-bond acceptors (Lipinski definition) is 2. The van der Waals surface area contributed by atoms with E-state index in [-0.39, 0.29) is 0 Å². The van der Waals surface area contributed by atoms with Crippen molar-refractivity contribution in [3.63, 3.8) is 0 Å². The van der Waals surface area contributed by atoms with Gasteiger partial charge in [0.2, 0.25) is 0 Å². The van der Waals surface area contributed by atoms with Crippen LogP contribution in [0.1, 0.15) is 11.1 Å². The van der Waals surface area contributed by atoms with E-state index in [1.165, 1.54) is 11.1 Å². The largest absolute Gasteiger partial charge is 0.493 e. The molecule has 14 heavy (non-hydrogen) atoms. The van der Waals surface area contributed by atoms with E-state index in [0.29, 0.717) is 6.54 Å². The van der Waals surface area contributed by atoms with E-state index >= 15 is 0 Å². The summed E-state index contributed by atoms with van der Waals surface area (Å²) >= 11 is 0. The van der Waals surface area contributed by atoms with Crippen molar-refractivity contribution in [3.05, 3.63) is 41.5 Å². The molecule has 2 rings (SSSR count). The summed E-state index contributed by atoms with van der Waals surface area (Å²) < 4.78 is 5.44. The second-order valence-corrected chi connectivity index (χ2v) is 3.67. The molecule has 0 bridgehead atoms. The highest BCUT2D eigenvalue weighted by Crippen LogP contribution is 2.26. The van der Waals surface area contributed by atoms with Crippen LogP contribution in [0.25, 0.3) is 0 Å². The fourth-order valence-corrected chi connectivity index (χ4v) is 1.71. The molecular weight excluding hydrogens is 174 g/mol. The van der Waals surface area contributed by atoms with Gasteiger partial charge in [-0.25, -0.2) is 0 Å². The maximum absolute atomic E-state index is 5.51. The smallest absolute Gasteiger partial charge is 0.122 e. The molecule has 0 atom stereocenters. The minimum absolute atomic E-state index is 0.563. The van der Waals surface area contributed by atoms with E-state index < -0.39 is 0 Å². The Morgan fingerprint density at radius 3 is 3.14 bits per heavy atom. The van der Waals surface area contributed by atoms with E-state index in [1.807, 2.05) is 6.07 Å². The lowest BCUT2D eigenvalue weighted by Gasteiger charge is -2.05. The van der Waals surface area contributed by atoms with Crippen molar-refractivity contribution in [2.75, 3.05) is 13.2 Å². The SMILES string of the molecule is C=C(CN)Cc1ccc2c(c1)CCO2. The highest BCUT2D eigenvalue weighted by atomic mass is 16.5. The van der Waals surface area contributed by atoms with Gasteiger partial charge in [0.15, 0.2) is 0 Å². The minimum Gasteiger partial charge on any atom is -0.493 e. The second-order valence-electron chi connectivity index (χ2n) is 3.67. The van der Waals surface area contributed by atoms with E-state index in [1.54, 1.807) is 0 Å². The fraction of sp³-hybridized carbons (Fsp3) is 0.333. The molecule has 1 heterocycles. The first kappa shape index (κ1) is 9.28. The van der Waals surface area contributed by atoms with E-state index in [0.717, 1.165) is 30.8 Å². The molecule has 0 radical (unpaired) electrons. The first-order valence-corrected chi connectivity index (χ1v) is 4.91. The molecule has 0 aliphatic carbocycles. The Kier molecular flexibility index (Phi) is 2.55. The lowest BCUT2D eigenvalue weighted by atomic mass is 10.0. The zero-order chi connectivity index (χ0) is 9.97. The van der Waals surface area contributed by atoms with Gasteiger partial charge in [-0.3, -0.25) is 0 Å². The normalized spacial score (nSPS) is 13.5. The monoisotopic (exact) mass is 189 g/mol. The van der Waals surface area contributed by atoms with Crippen LogP contribution in [-0.2, 0) is 12.8 Å². The summed E-state index contributed by atoms with van der Waals surface area (Å²) in [5.41, 5.74) is 9.18. The maximum Gasteiger partial charge on any atom is 0.122 e. The van der Waals surface area contributed by atoms with Crippen LogP contribution in [0.5, 0.6) is 5.75 Å². The van der Waals surface area contributed by atoms with Crippen LogP contribution in [0.3, 0.4) is 0 Å². The molecule has 0 spiro atoms. The summed E-state index contributed by atoms with van der Waals surface area (Å²) in [4.78, 5) is 0. The van der Waals surface area contributed by atoms with Gasteiger partial charge in [0.25, 0.3) is 0 Å². The predicted octanol–water partition coefficient (Wildman–Crippen LogP) is 1.68. The Hall–Kier alpha value is -1.28. The molecule has 1 aromatic carbocycles. The Labute approximate surface area is 84.4 Å². The quantitative estimate of drug-likeness (QED) is 0.734. The van der Waals surface area contributed by atoms with Gasteiger partial charge in [-0.2, -0.15) is 0 Å². The van der Waals surface area contributed by atoms with Crippen molar-refractivity contribution in [1.82, 2.24) is 0 Å². The van der Waals surface area contributed by atoms with Crippen molar-refractivity contribution in [1.29, 1.82) is 0 Å². The van der Waals surface area contributed by atoms with Gasteiger partial charge >= 0.3 is 0 Å². The summed E-state index contributed by atoms with van der Waals surface area (Å²) in [7, 11) is 0. The van der Waals surface area contributed by atoms with Crippen LogP contribution >= 0.6 is 0 Å². The maximum atomic E-state index is 5.51. The number of fused-ring (bicyclic) bond motifs is 1. The second kappa shape index (κ2) is 3.84. The predicted molar refractivity (Wildman–Crippen MR) is 57.5 cm³/mol. The third-order valence-electron chi connectivity index (χ3n) is 2.50. The molecule has 0 unspecified atom stereocenters. The summed E-state index contributed by atoms with van der Waals surface area (Å²) in [6, 6.07) is 6.33. The Balaban J connectivity index is 2.16. The molecule has 0 saturated heterocycles. The minimum atomic E-state index is 0.563. The molecule has 1 aromatic rings. The highest BCUT2D eigenvalue weighted by molar-refractivity contribution is 5.40. The first-order valence-electron chi connectivity index (χ1n) is 4.91. The van der Waals surface area contributed by atoms with Crippen LogP contribution in [0.15, 0.2) is 30.4 Å². The number of ether oxygens (including phenoxy) is 1. The topological polar surface area (TPSA) is 35.2 Å². The van der Waals surface area contributed by atoms with Gasteiger partial charge in [0.05, 0.1) is 6.61 Å². The molecule has 74 valence electrons. The highest BCUT2D eigenvalue weighted by Gasteiger charge is 2.11. The molecule has 2 N–H and O–H groups in total. The van der Waals surface area contributed by atoms with Gasteiger partial charge in [-0.05, 0) is 23.6 Å². The summed E-state index contributed by atoms with van der Waals surface area (Å²) in [6.07, 6.45) is 1.90. The molecule has 2 heteroatoms. The lowest BCUT2D eigenvalue weighted by molar-refractivity contribution is 0.357. The molecule has 0 amide bonds. The third-order valence-corrected chi connectivity index (χ3v) is 2.50. The summed E-state index contributed by atoms with van der Waals surface area (Å²) in [5, 5.41) is 0. The average molecular weight is 189 g/mol. The van der Waals surface area contributed by atoms with Crippen molar-refractivity contribution in [2.24, 2.45) is 5.73 Å². The third kappa shape index (κ3) is 1.80. The number of benzene rings is 1. The number of rotatable bonds is 3. The standard InChI is InChI=1S/C12H15NO/c1-9(8-13)6-10-2-3-12-11(7-10)4-5-14-12/h2-3,7H,1,4-6,8,13H2. The lowest BCUT2D eigenvalue weighted by Crippen LogP contribution is -2.04. The van der Waals surface area contributed by atoms with Gasteiger partial charge in [0, 0.05) is 13.0 Å². The summed E-state index contributed by atoms with van der Waals surface area (Å²) in [6.45, 7) is 5.28. The van der Waals surface area contributed by atoms with Crippen molar-refractivity contribution < 1.29 is 4.74 Å². The van der Waals surface area contributed by atoms with E-state index in [9.17, 15) is 0 Å². The van der Waals surface area contributed by atoms with Crippen LogP contribution < -0.4 is 10.5 Å². The van der Waals surface area contributed by atoms with E-state index in [2.05, 4.69) is 18.7 Å². The Bertz CT molecular complexity index is 357. The molecule has 1 aliphatic heterocycles. The molecule has 2 nitrogen and oxygen atoms in total. The zero-order valence-corrected chi connectivity index (χ0v) is 8.25. The molecular formula is C12H15NO. The Morgan fingerprint density at radius 2 is 2.36 bits per heavy atom. The number of hydrogen-bond donors (Lipinski definition) is 1.